The summed E-state index contributed by atoms with van der Waals surface area (Å²) in [6, 6.07) is 0. The summed E-state index contributed by atoms with van der Waals surface area (Å²) >= 11 is 0. The molecule has 0 bridgehead atoms. The SMILES string of the molecule is CC/C=C\C/C=C\C/C=C\C/C=C\C/C=C\C/C=C\CCC(=O)OC(COC(=O)CCCCCCC/C=C\CCC)COC(=O)CCCCCCCCCCCCCCCCCC/C=C\C/C=C\C/C=C\C/C=C\CC. The Kier molecular flexibility index (Phi) is 59.4. The van der Waals surface area contributed by atoms with Crippen LogP contribution in [0.2, 0.25) is 0 Å². The number of carbonyl (C=O) groups is 3. The first-order chi connectivity index (χ1) is 37.5. The van der Waals surface area contributed by atoms with E-state index in [9.17, 15) is 14.4 Å². The lowest BCUT2D eigenvalue weighted by Gasteiger charge is -2.18. The number of unbranched alkanes of at least 4 members (excludes halogenated alkanes) is 22. The van der Waals surface area contributed by atoms with Crippen LogP contribution in [0.1, 0.15) is 271 Å². The molecule has 0 saturated heterocycles. The first-order valence-corrected chi connectivity index (χ1v) is 31.2. The van der Waals surface area contributed by atoms with E-state index in [2.05, 4.69) is 148 Å². The van der Waals surface area contributed by atoms with Crippen LogP contribution in [0.4, 0.5) is 0 Å². The Hall–Kier alpha value is -4.45. The highest BCUT2D eigenvalue weighted by Crippen LogP contribution is 2.16. The van der Waals surface area contributed by atoms with E-state index in [0.717, 1.165) is 122 Å². The van der Waals surface area contributed by atoms with Crippen molar-refractivity contribution in [2.24, 2.45) is 0 Å². The van der Waals surface area contributed by atoms with E-state index in [1.54, 1.807) is 0 Å². The first kappa shape index (κ1) is 71.5. The molecule has 1 unspecified atom stereocenters. The Morgan fingerprint density at radius 3 is 0.868 bits per heavy atom. The number of esters is 3. The smallest absolute Gasteiger partial charge is 0.306 e. The Morgan fingerprint density at radius 1 is 0.276 bits per heavy atom. The summed E-state index contributed by atoms with van der Waals surface area (Å²) < 4.78 is 16.8. The minimum Gasteiger partial charge on any atom is -0.462 e. The maximum absolute atomic E-state index is 12.8. The fourth-order valence-electron chi connectivity index (χ4n) is 8.29. The van der Waals surface area contributed by atoms with Crippen LogP contribution in [0.3, 0.4) is 0 Å². The molecule has 0 amide bonds. The van der Waals surface area contributed by atoms with E-state index in [1.807, 2.05) is 6.08 Å². The van der Waals surface area contributed by atoms with Crippen LogP contribution >= 0.6 is 0 Å². The van der Waals surface area contributed by atoms with Crippen LogP contribution in [0.15, 0.2) is 134 Å². The fraction of sp³-hybridized carbons (Fsp3) is 0.643. The number of carbonyl (C=O) groups excluding carboxylic acids is 3. The molecular weight excluding hydrogens is 937 g/mol. The van der Waals surface area contributed by atoms with Gasteiger partial charge < -0.3 is 14.2 Å². The lowest BCUT2D eigenvalue weighted by Crippen LogP contribution is -2.30. The molecule has 0 saturated carbocycles. The zero-order chi connectivity index (χ0) is 55.0. The predicted octanol–water partition coefficient (Wildman–Crippen LogP) is 21.4. The summed E-state index contributed by atoms with van der Waals surface area (Å²) in [5.41, 5.74) is 0. The molecule has 1 atom stereocenters. The molecule has 6 heteroatoms. The molecular formula is C70H114O6. The molecule has 0 rings (SSSR count). The van der Waals surface area contributed by atoms with Gasteiger partial charge in [-0.15, -0.1) is 0 Å². The van der Waals surface area contributed by atoms with Crippen LogP contribution < -0.4 is 0 Å². The predicted molar refractivity (Wildman–Crippen MR) is 329 cm³/mol. The normalized spacial score (nSPS) is 13.0. The molecule has 0 heterocycles. The molecule has 0 fully saturated rings. The Morgan fingerprint density at radius 2 is 0.539 bits per heavy atom. The van der Waals surface area contributed by atoms with E-state index < -0.39 is 12.1 Å². The Balaban J connectivity index is 4.28. The van der Waals surface area contributed by atoms with E-state index in [4.69, 9.17) is 14.2 Å². The van der Waals surface area contributed by atoms with E-state index >= 15 is 0 Å². The molecule has 0 aliphatic rings. The first-order valence-electron chi connectivity index (χ1n) is 31.2. The monoisotopic (exact) mass is 1050 g/mol. The van der Waals surface area contributed by atoms with Gasteiger partial charge >= 0.3 is 17.9 Å². The van der Waals surface area contributed by atoms with Gasteiger partial charge in [-0.3, -0.25) is 14.4 Å². The minimum absolute atomic E-state index is 0.113. The number of rotatable bonds is 55. The van der Waals surface area contributed by atoms with Crippen LogP contribution in [0, 0.1) is 0 Å². The number of allylic oxidation sites excluding steroid dienone is 22. The molecule has 0 spiro atoms. The van der Waals surface area contributed by atoms with Gasteiger partial charge in [-0.2, -0.15) is 0 Å². The fourth-order valence-corrected chi connectivity index (χ4v) is 8.29. The second-order valence-electron chi connectivity index (χ2n) is 20.2. The average Bonchev–Trinajstić information content (AvgIpc) is 3.42. The van der Waals surface area contributed by atoms with Gasteiger partial charge in [0.25, 0.3) is 0 Å². The van der Waals surface area contributed by atoms with Crippen molar-refractivity contribution in [3.63, 3.8) is 0 Å². The van der Waals surface area contributed by atoms with Crippen LogP contribution in [-0.4, -0.2) is 37.2 Å². The van der Waals surface area contributed by atoms with Crippen LogP contribution in [-0.2, 0) is 28.6 Å². The lowest BCUT2D eigenvalue weighted by atomic mass is 10.0. The van der Waals surface area contributed by atoms with Gasteiger partial charge in [-0.1, -0.05) is 270 Å². The van der Waals surface area contributed by atoms with Gasteiger partial charge in [0.2, 0.25) is 0 Å². The van der Waals surface area contributed by atoms with Gasteiger partial charge in [0.05, 0.1) is 0 Å². The molecule has 0 aliphatic carbocycles. The van der Waals surface area contributed by atoms with Gasteiger partial charge in [-0.25, -0.2) is 0 Å². The highest BCUT2D eigenvalue weighted by atomic mass is 16.6. The maximum Gasteiger partial charge on any atom is 0.306 e. The van der Waals surface area contributed by atoms with Gasteiger partial charge in [0.15, 0.2) is 6.10 Å². The Labute approximate surface area is 468 Å². The van der Waals surface area contributed by atoms with E-state index in [-0.39, 0.29) is 31.6 Å². The largest absolute Gasteiger partial charge is 0.462 e. The highest BCUT2D eigenvalue weighted by molar-refractivity contribution is 5.71. The summed E-state index contributed by atoms with van der Waals surface area (Å²) in [5.74, 6) is -1.01. The van der Waals surface area contributed by atoms with Crippen molar-refractivity contribution in [2.75, 3.05) is 13.2 Å². The molecule has 0 radical (unpaired) electrons. The van der Waals surface area contributed by atoms with Crippen molar-refractivity contribution in [1.29, 1.82) is 0 Å². The summed E-state index contributed by atoms with van der Waals surface area (Å²) in [6.07, 6.45) is 89.1. The molecule has 0 aromatic carbocycles. The Bertz CT molecular complexity index is 1630. The lowest BCUT2D eigenvalue weighted by molar-refractivity contribution is -0.166. The van der Waals surface area contributed by atoms with E-state index in [1.165, 1.54) is 103 Å². The summed E-state index contributed by atoms with van der Waals surface area (Å²) in [4.78, 5) is 38.1. The van der Waals surface area contributed by atoms with Gasteiger partial charge in [0, 0.05) is 19.3 Å². The topological polar surface area (TPSA) is 78.9 Å². The van der Waals surface area contributed by atoms with Crippen LogP contribution in [0.25, 0.3) is 0 Å². The summed E-state index contributed by atoms with van der Waals surface area (Å²) in [5, 5.41) is 0. The minimum atomic E-state index is -0.825. The van der Waals surface area contributed by atoms with Crippen molar-refractivity contribution >= 4 is 17.9 Å². The molecule has 0 N–H and O–H groups in total. The molecule has 76 heavy (non-hydrogen) atoms. The van der Waals surface area contributed by atoms with Crippen molar-refractivity contribution in [2.45, 2.75) is 277 Å². The number of hydrogen-bond acceptors (Lipinski definition) is 6. The zero-order valence-corrected chi connectivity index (χ0v) is 49.2. The third-order valence-corrected chi connectivity index (χ3v) is 12.9. The third-order valence-electron chi connectivity index (χ3n) is 12.9. The molecule has 0 aromatic heterocycles. The van der Waals surface area contributed by atoms with E-state index in [0.29, 0.717) is 19.3 Å². The summed E-state index contributed by atoms with van der Waals surface area (Å²) in [7, 11) is 0. The number of hydrogen-bond donors (Lipinski definition) is 0. The number of ether oxygens (including phenoxy) is 3. The maximum atomic E-state index is 12.8. The zero-order valence-electron chi connectivity index (χ0n) is 49.2. The third kappa shape index (κ3) is 60.4. The van der Waals surface area contributed by atoms with Crippen molar-refractivity contribution in [3.05, 3.63) is 134 Å². The standard InChI is InChI=1S/C70H114O6/c1-4-7-10-13-16-19-22-24-26-28-30-31-32-33-34-35-36-37-38-39-41-42-44-46-48-51-54-57-60-63-69(72)75-66-67(65-74-68(71)62-59-56-53-50-21-18-15-12-9-6-3)76-70(73)64-61-58-55-52-49-47-45-43-40-29-27-25-23-20-17-14-11-8-5-2/h7-8,10-12,15-17,19-20,24-27,30-31,40,43,47,49,55,58,67H,4-6,9,13-14,18,21-23,28-29,32-39,41-42,44-46,48,50-54,56-57,59-66H2,1-3H3/b10-7-,11-8-,15-12-,19-16-,20-17-,26-24-,27-25-,31-30-,43-40-,49-47-,58-55-. The second-order valence-corrected chi connectivity index (χ2v) is 20.2. The average molecular weight is 1050 g/mol. The second kappa shape index (κ2) is 63.1. The van der Waals surface area contributed by atoms with Crippen molar-refractivity contribution < 1.29 is 28.6 Å². The highest BCUT2D eigenvalue weighted by Gasteiger charge is 2.19. The van der Waals surface area contributed by atoms with Crippen LogP contribution in [0.5, 0.6) is 0 Å². The van der Waals surface area contributed by atoms with Gasteiger partial charge in [0.1, 0.15) is 13.2 Å². The summed E-state index contributed by atoms with van der Waals surface area (Å²) in [6.45, 7) is 6.28. The molecule has 430 valence electrons. The molecule has 0 aromatic rings. The quantitative estimate of drug-likeness (QED) is 0.0261. The van der Waals surface area contributed by atoms with Gasteiger partial charge in [-0.05, 0) is 116 Å². The van der Waals surface area contributed by atoms with Crippen molar-refractivity contribution in [3.8, 4) is 0 Å². The molecule has 6 nitrogen and oxygen atoms in total. The van der Waals surface area contributed by atoms with Crippen molar-refractivity contribution in [1.82, 2.24) is 0 Å². The molecule has 0 aliphatic heterocycles.